The number of carbonyl (C=O) groups is 1. The summed E-state index contributed by atoms with van der Waals surface area (Å²) in [6.07, 6.45) is 7.29. The average Bonchev–Trinajstić information content (AvgIpc) is 3.36. The van der Waals surface area contributed by atoms with Gasteiger partial charge in [-0.3, -0.25) is 9.20 Å². The molecule has 0 saturated carbocycles. The van der Waals surface area contributed by atoms with Gasteiger partial charge in [0.2, 0.25) is 5.91 Å². The number of pyridine rings is 1. The van der Waals surface area contributed by atoms with Gasteiger partial charge in [-0.2, -0.15) is 0 Å². The summed E-state index contributed by atoms with van der Waals surface area (Å²) >= 11 is 0. The maximum absolute atomic E-state index is 12.7. The van der Waals surface area contributed by atoms with Gasteiger partial charge < -0.3 is 9.32 Å². The van der Waals surface area contributed by atoms with Gasteiger partial charge in [-0.15, -0.1) is 10.2 Å². The standard InChI is InChI=1S/C22H20N4O2/c27-21(11-10-18-14-16-6-1-2-8-19(16)28-18)25-12-5-7-17(15-25)22-24-23-20-9-3-4-13-26(20)22/h1-4,6,8-11,13-14,17H,5,7,12,15H2/b11-10+. The van der Waals surface area contributed by atoms with Gasteiger partial charge in [0.15, 0.2) is 5.65 Å². The van der Waals surface area contributed by atoms with Crippen LogP contribution in [0.4, 0.5) is 0 Å². The molecule has 1 fully saturated rings. The Hall–Kier alpha value is -3.41. The zero-order chi connectivity index (χ0) is 18.9. The van der Waals surface area contributed by atoms with Crippen LogP contribution in [0.25, 0.3) is 22.7 Å². The largest absolute Gasteiger partial charge is 0.457 e. The minimum atomic E-state index is -0.000947. The van der Waals surface area contributed by atoms with Gasteiger partial charge >= 0.3 is 0 Å². The van der Waals surface area contributed by atoms with Gasteiger partial charge in [-0.25, -0.2) is 0 Å². The highest BCUT2D eigenvalue weighted by Crippen LogP contribution is 2.26. The van der Waals surface area contributed by atoms with Gasteiger partial charge in [-0.1, -0.05) is 24.3 Å². The van der Waals surface area contributed by atoms with Crippen LogP contribution in [0.5, 0.6) is 0 Å². The third kappa shape index (κ3) is 3.07. The summed E-state index contributed by atoms with van der Waals surface area (Å²) in [6, 6.07) is 15.6. The molecule has 4 heterocycles. The number of amides is 1. The van der Waals surface area contributed by atoms with Crippen LogP contribution in [0.3, 0.4) is 0 Å². The zero-order valence-electron chi connectivity index (χ0n) is 15.4. The second-order valence-electron chi connectivity index (χ2n) is 7.13. The minimum absolute atomic E-state index is 0.000947. The number of likely N-dealkylation sites (tertiary alicyclic amines) is 1. The molecule has 4 aromatic rings. The molecule has 1 unspecified atom stereocenters. The van der Waals surface area contributed by atoms with Crippen LogP contribution in [0, 0.1) is 0 Å². The van der Waals surface area contributed by atoms with Crippen LogP contribution >= 0.6 is 0 Å². The van der Waals surface area contributed by atoms with Crippen molar-refractivity contribution in [2.45, 2.75) is 18.8 Å². The van der Waals surface area contributed by atoms with E-state index >= 15 is 0 Å². The molecule has 0 radical (unpaired) electrons. The van der Waals surface area contributed by atoms with Crippen LogP contribution in [-0.4, -0.2) is 38.5 Å². The molecule has 5 rings (SSSR count). The smallest absolute Gasteiger partial charge is 0.246 e. The number of para-hydroxylation sites is 1. The van der Waals surface area contributed by atoms with E-state index in [9.17, 15) is 4.79 Å². The first kappa shape index (κ1) is 16.7. The van der Waals surface area contributed by atoms with Crippen molar-refractivity contribution >= 4 is 28.6 Å². The Labute approximate surface area is 162 Å². The van der Waals surface area contributed by atoms with E-state index in [1.165, 1.54) is 0 Å². The molecule has 1 aliphatic rings. The van der Waals surface area contributed by atoms with E-state index in [0.717, 1.165) is 41.8 Å². The summed E-state index contributed by atoms with van der Waals surface area (Å²) in [5, 5.41) is 9.65. The first-order chi connectivity index (χ1) is 13.8. The Morgan fingerprint density at radius 1 is 1.14 bits per heavy atom. The number of piperidine rings is 1. The second kappa shape index (κ2) is 6.96. The predicted octanol–water partition coefficient (Wildman–Crippen LogP) is 3.89. The lowest BCUT2D eigenvalue weighted by molar-refractivity contribution is -0.127. The molecule has 0 aliphatic carbocycles. The van der Waals surface area contributed by atoms with Crippen molar-refractivity contribution < 1.29 is 9.21 Å². The number of aromatic nitrogens is 3. The molecule has 1 aromatic carbocycles. The minimum Gasteiger partial charge on any atom is -0.457 e. The molecular weight excluding hydrogens is 352 g/mol. The maximum atomic E-state index is 12.7. The fourth-order valence-electron chi connectivity index (χ4n) is 3.87. The molecule has 0 bridgehead atoms. The van der Waals surface area contributed by atoms with Crippen LogP contribution in [0.15, 0.2) is 65.2 Å². The third-order valence-corrected chi connectivity index (χ3v) is 5.27. The van der Waals surface area contributed by atoms with E-state index in [1.54, 1.807) is 12.2 Å². The molecule has 1 atom stereocenters. The molecule has 1 saturated heterocycles. The lowest BCUT2D eigenvalue weighted by Gasteiger charge is -2.31. The summed E-state index contributed by atoms with van der Waals surface area (Å²) < 4.78 is 7.77. The lowest BCUT2D eigenvalue weighted by Crippen LogP contribution is -2.38. The molecule has 1 amide bonds. The van der Waals surface area contributed by atoms with Gasteiger partial charge in [0, 0.05) is 36.7 Å². The highest BCUT2D eigenvalue weighted by molar-refractivity contribution is 5.92. The quantitative estimate of drug-likeness (QED) is 0.512. The number of fused-ring (bicyclic) bond motifs is 2. The van der Waals surface area contributed by atoms with Crippen molar-refractivity contribution in [1.82, 2.24) is 19.5 Å². The third-order valence-electron chi connectivity index (χ3n) is 5.27. The highest BCUT2D eigenvalue weighted by Gasteiger charge is 2.27. The number of hydrogen-bond acceptors (Lipinski definition) is 4. The average molecular weight is 372 g/mol. The van der Waals surface area contributed by atoms with Crippen molar-refractivity contribution in [1.29, 1.82) is 0 Å². The summed E-state index contributed by atoms with van der Waals surface area (Å²) in [7, 11) is 0. The van der Waals surface area contributed by atoms with Crippen LogP contribution in [0.1, 0.15) is 30.3 Å². The predicted molar refractivity (Wildman–Crippen MR) is 107 cm³/mol. The van der Waals surface area contributed by atoms with Crippen LogP contribution in [0.2, 0.25) is 0 Å². The fourth-order valence-corrected chi connectivity index (χ4v) is 3.87. The van der Waals surface area contributed by atoms with Gasteiger partial charge in [0.05, 0.1) is 0 Å². The molecule has 28 heavy (non-hydrogen) atoms. The van der Waals surface area contributed by atoms with E-state index in [-0.39, 0.29) is 11.8 Å². The van der Waals surface area contributed by atoms with Crippen molar-refractivity contribution in [3.05, 3.63) is 72.4 Å². The molecular formula is C22H20N4O2. The zero-order valence-corrected chi connectivity index (χ0v) is 15.4. The van der Waals surface area contributed by atoms with Crippen molar-refractivity contribution in [3.8, 4) is 0 Å². The number of rotatable bonds is 3. The number of furan rings is 1. The molecule has 140 valence electrons. The molecule has 0 N–H and O–H groups in total. The van der Waals surface area contributed by atoms with Gasteiger partial charge in [0.1, 0.15) is 17.2 Å². The second-order valence-corrected chi connectivity index (χ2v) is 7.13. The Morgan fingerprint density at radius 3 is 2.96 bits per heavy atom. The Balaban J connectivity index is 1.32. The van der Waals surface area contributed by atoms with Gasteiger partial charge in [-0.05, 0) is 43.2 Å². The fraction of sp³-hybridized carbons (Fsp3) is 0.227. The van der Waals surface area contributed by atoms with E-state index in [0.29, 0.717) is 12.3 Å². The first-order valence-corrected chi connectivity index (χ1v) is 9.53. The molecule has 6 nitrogen and oxygen atoms in total. The number of benzene rings is 1. The summed E-state index contributed by atoms with van der Waals surface area (Å²) in [5.74, 6) is 1.80. The van der Waals surface area contributed by atoms with Crippen LogP contribution in [-0.2, 0) is 4.79 Å². The number of nitrogens with zero attached hydrogens (tertiary/aromatic N) is 4. The number of carbonyl (C=O) groups excluding carboxylic acids is 1. The monoisotopic (exact) mass is 372 g/mol. The Bertz CT molecular complexity index is 1140. The van der Waals surface area contributed by atoms with E-state index in [4.69, 9.17) is 4.42 Å². The van der Waals surface area contributed by atoms with E-state index < -0.39 is 0 Å². The molecule has 3 aromatic heterocycles. The van der Waals surface area contributed by atoms with Crippen LogP contribution < -0.4 is 0 Å². The Morgan fingerprint density at radius 2 is 2.04 bits per heavy atom. The molecule has 0 spiro atoms. The first-order valence-electron chi connectivity index (χ1n) is 9.53. The molecule has 1 aliphatic heterocycles. The maximum Gasteiger partial charge on any atom is 0.246 e. The Kier molecular flexibility index (Phi) is 4.16. The SMILES string of the molecule is O=C(/C=C/c1cc2ccccc2o1)N1CCCC(c2nnc3ccccn23)C1. The highest BCUT2D eigenvalue weighted by atomic mass is 16.3. The number of hydrogen-bond donors (Lipinski definition) is 0. The van der Waals surface area contributed by atoms with Crippen molar-refractivity contribution in [3.63, 3.8) is 0 Å². The summed E-state index contributed by atoms with van der Waals surface area (Å²) in [5.41, 5.74) is 1.66. The van der Waals surface area contributed by atoms with Gasteiger partial charge in [0.25, 0.3) is 0 Å². The normalized spacial score (nSPS) is 17.7. The summed E-state index contributed by atoms with van der Waals surface area (Å²) in [6.45, 7) is 1.41. The van der Waals surface area contributed by atoms with Crippen molar-refractivity contribution in [2.24, 2.45) is 0 Å². The molecule has 6 heteroatoms. The van der Waals surface area contributed by atoms with E-state index in [2.05, 4.69) is 10.2 Å². The van der Waals surface area contributed by atoms with Crippen molar-refractivity contribution in [2.75, 3.05) is 13.1 Å². The lowest BCUT2D eigenvalue weighted by atomic mass is 9.97. The van der Waals surface area contributed by atoms with E-state index in [1.807, 2.05) is 64.0 Å². The topological polar surface area (TPSA) is 63.6 Å². The summed E-state index contributed by atoms with van der Waals surface area (Å²) in [4.78, 5) is 14.6.